The van der Waals surface area contributed by atoms with Crippen molar-refractivity contribution < 1.29 is 4.74 Å². The fraction of sp³-hybridized carbons (Fsp3) is 0.400. The molecule has 19 heavy (non-hydrogen) atoms. The molecule has 0 aliphatic carbocycles. The summed E-state index contributed by atoms with van der Waals surface area (Å²) in [5.74, 6) is 1.14. The van der Waals surface area contributed by atoms with Crippen LogP contribution >= 0.6 is 123 Å². The number of alkyl halides is 3. The van der Waals surface area contributed by atoms with Crippen molar-refractivity contribution in [1.82, 2.24) is 0 Å². The topological polar surface area (TPSA) is 9.23 Å². The Bertz CT molecular complexity index is 446. The van der Waals surface area contributed by atoms with Crippen LogP contribution in [0.4, 0.5) is 0 Å². The number of ether oxygens (including phenoxy) is 1. The van der Waals surface area contributed by atoms with Crippen LogP contribution in [-0.4, -0.2) is 22.1 Å². The number of hydrogen-bond acceptors (Lipinski definition) is 1. The third-order valence-electron chi connectivity index (χ3n) is 2.12. The normalized spacial score (nSPS) is 14.3. The molecule has 0 N–H and O–H groups in total. The molecule has 1 aromatic carbocycles. The SMILES string of the molecule is ClCC(Br)(CBr)COc1c(Br)c(Br)c(Br)c(Br)c1Br. The molecule has 9 heteroatoms. The van der Waals surface area contributed by atoms with E-state index >= 15 is 0 Å². The molecule has 0 heterocycles. The van der Waals surface area contributed by atoms with Crippen molar-refractivity contribution >= 4 is 123 Å². The summed E-state index contributed by atoms with van der Waals surface area (Å²) in [6.45, 7) is 0.430. The fourth-order valence-electron chi connectivity index (χ4n) is 1.03. The molecule has 0 aliphatic rings. The highest BCUT2D eigenvalue weighted by Crippen LogP contribution is 2.48. The lowest BCUT2D eigenvalue weighted by Gasteiger charge is -2.24. The van der Waals surface area contributed by atoms with Gasteiger partial charge in [-0.15, -0.1) is 11.6 Å². The minimum absolute atomic E-state index is 0.306. The van der Waals surface area contributed by atoms with E-state index in [1.807, 2.05) is 0 Å². The molecule has 0 saturated carbocycles. The molecule has 0 saturated heterocycles. The van der Waals surface area contributed by atoms with Crippen LogP contribution in [0.5, 0.6) is 5.75 Å². The van der Waals surface area contributed by atoms with Gasteiger partial charge in [-0.25, -0.2) is 0 Å². The molecule has 0 amide bonds. The van der Waals surface area contributed by atoms with E-state index in [1.165, 1.54) is 0 Å². The molecule has 0 radical (unpaired) electrons. The third kappa shape index (κ3) is 4.82. The zero-order valence-electron chi connectivity index (χ0n) is 9.05. The lowest BCUT2D eigenvalue weighted by molar-refractivity contribution is 0.290. The zero-order chi connectivity index (χ0) is 14.8. The van der Waals surface area contributed by atoms with E-state index in [9.17, 15) is 0 Å². The number of rotatable bonds is 5. The molecule has 0 fully saturated rings. The van der Waals surface area contributed by atoms with Crippen LogP contribution < -0.4 is 4.74 Å². The number of benzene rings is 1. The fourth-order valence-corrected chi connectivity index (χ4v) is 5.14. The first-order valence-electron chi connectivity index (χ1n) is 4.72. The highest BCUT2D eigenvalue weighted by molar-refractivity contribution is 9.16. The monoisotopic (exact) mass is 729 g/mol. The Morgan fingerprint density at radius 1 is 0.895 bits per heavy atom. The van der Waals surface area contributed by atoms with E-state index < -0.39 is 0 Å². The quantitative estimate of drug-likeness (QED) is 0.172. The van der Waals surface area contributed by atoms with Gasteiger partial charge in [0.2, 0.25) is 0 Å². The van der Waals surface area contributed by atoms with Crippen LogP contribution in [0.15, 0.2) is 22.4 Å². The standard InChI is InChI=1S/C10H6Br7ClO/c11-1-10(17,2-18)3-19-9-7(15)5(13)4(12)6(14)8(9)16/h1-3H2. The van der Waals surface area contributed by atoms with Crippen molar-refractivity contribution in [2.75, 3.05) is 17.8 Å². The van der Waals surface area contributed by atoms with Crippen LogP contribution in [0.25, 0.3) is 0 Å². The van der Waals surface area contributed by atoms with Gasteiger partial charge in [0.1, 0.15) is 12.4 Å². The van der Waals surface area contributed by atoms with Crippen LogP contribution in [0.1, 0.15) is 0 Å². The average molecular weight is 737 g/mol. The molecule has 0 bridgehead atoms. The van der Waals surface area contributed by atoms with E-state index in [2.05, 4.69) is 112 Å². The second-order valence-electron chi connectivity index (χ2n) is 3.61. The molecule has 1 rings (SSSR count). The Morgan fingerprint density at radius 3 is 1.68 bits per heavy atom. The number of hydrogen-bond donors (Lipinski definition) is 0. The number of halogens is 8. The lowest BCUT2D eigenvalue weighted by atomic mass is 10.2. The first-order valence-corrected chi connectivity index (χ1v) is 11.1. The Balaban J connectivity index is 3.09. The summed E-state index contributed by atoms with van der Waals surface area (Å²) in [5, 5.41) is 0.692. The van der Waals surface area contributed by atoms with Crippen molar-refractivity contribution in [3.05, 3.63) is 22.4 Å². The second kappa shape index (κ2) is 8.50. The van der Waals surface area contributed by atoms with Gasteiger partial charge in [-0.1, -0.05) is 31.9 Å². The molecule has 1 aromatic rings. The van der Waals surface area contributed by atoms with Crippen molar-refractivity contribution in [3.8, 4) is 5.75 Å². The van der Waals surface area contributed by atoms with Gasteiger partial charge in [0.25, 0.3) is 0 Å². The van der Waals surface area contributed by atoms with Crippen molar-refractivity contribution in [2.45, 2.75) is 4.32 Å². The van der Waals surface area contributed by atoms with Gasteiger partial charge in [0, 0.05) is 15.7 Å². The minimum Gasteiger partial charge on any atom is -0.490 e. The van der Waals surface area contributed by atoms with Crippen LogP contribution in [0.3, 0.4) is 0 Å². The van der Waals surface area contributed by atoms with Gasteiger partial charge in [-0.2, -0.15) is 0 Å². The van der Waals surface area contributed by atoms with E-state index in [-0.39, 0.29) is 4.32 Å². The summed E-state index contributed by atoms with van der Waals surface area (Å²) in [4.78, 5) is 0. The summed E-state index contributed by atoms with van der Waals surface area (Å²) >= 11 is 30.4. The summed E-state index contributed by atoms with van der Waals surface area (Å²) in [7, 11) is 0. The highest BCUT2D eigenvalue weighted by atomic mass is 79.9. The molecular weight excluding hydrogens is 731 g/mol. The molecular formula is C10H6Br7ClO. The van der Waals surface area contributed by atoms with Gasteiger partial charge in [0.05, 0.1) is 22.2 Å². The molecule has 108 valence electrons. The molecule has 0 spiro atoms. The molecule has 0 aliphatic heterocycles. The maximum atomic E-state index is 5.94. The third-order valence-corrected chi connectivity index (χ3v) is 11.6. The predicted molar refractivity (Wildman–Crippen MR) is 107 cm³/mol. The molecule has 0 aromatic heterocycles. The minimum atomic E-state index is -0.306. The van der Waals surface area contributed by atoms with E-state index in [1.54, 1.807) is 0 Å². The predicted octanol–water partition coefficient (Wildman–Crippen LogP) is 7.65. The first-order chi connectivity index (χ1) is 8.77. The largest absolute Gasteiger partial charge is 0.490 e. The second-order valence-corrected chi connectivity index (χ2v) is 10.1. The van der Waals surface area contributed by atoms with E-state index in [0.29, 0.717) is 23.6 Å². The maximum Gasteiger partial charge on any atom is 0.150 e. The van der Waals surface area contributed by atoms with Crippen LogP contribution in [0, 0.1) is 0 Å². The summed E-state index contributed by atoms with van der Waals surface area (Å²) in [6, 6.07) is 0. The molecule has 1 atom stereocenters. The van der Waals surface area contributed by atoms with E-state index in [4.69, 9.17) is 16.3 Å². The van der Waals surface area contributed by atoms with E-state index in [0.717, 1.165) is 22.4 Å². The van der Waals surface area contributed by atoms with Crippen molar-refractivity contribution in [2.24, 2.45) is 0 Å². The first kappa shape index (κ1) is 19.7. The van der Waals surface area contributed by atoms with Crippen LogP contribution in [-0.2, 0) is 0 Å². The van der Waals surface area contributed by atoms with Crippen molar-refractivity contribution in [1.29, 1.82) is 0 Å². The lowest BCUT2D eigenvalue weighted by Crippen LogP contribution is -2.33. The summed E-state index contributed by atoms with van der Waals surface area (Å²) in [5.41, 5.74) is 0. The summed E-state index contributed by atoms with van der Waals surface area (Å²) in [6.07, 6.45) is 0. The Morgan fingerprint density at radius 2 is 1.32 bits per heavy atom. The van der Waals surface area contributed by atoms with Gasteiger partial charge in [-0.3, -0.25) is 0 Å². The average Bonchev–Trinajstić information content (AvgIpc) is 2.42. The van der Waals surface area contributed by atoms with Crippen molar-refractivity contribution in [3.63, 3.8) is 0 Å². The maximum absolute atomic E-state index is 5.94. The van der Waals surface area contributed by atoms with Gasteiger partial charge < -0.3 is 4.74 Å². The van der Waals surface area contributed by atoms with Gasteiger partial charge in [0.15, 0.2) is 0 Å². The van der Waals surface area contributed by atoms with Gasteiger partial charge >= 0.3 is 0 Å². The Kier molecular flexibility index (Phi) is 8.82. The molecule has 1 unspecified atom stereocenters. The zero-order valence-corrected chi connectivity index (χ0v) is 20.9. The highest BCUT2D eigenvalue weighted by Gasteiger charge is 2.27. The van der Waals surface area contributed by atoms with Gasteiger partial charge in [-0.05, 0) is 79.6 Å². The smallest absolute Gasteiger partial charge is 0.150 e. The Hall–Kier alpha value is 2.67. The Labute approximate surface area is 175 Å². The van der Waals surface area contributed by atoms with Crippen LogP contribution in [0.2, 0.25) is 0 Å². The molecule has 1 nitrogen and oxygen atoms in total. The summed E-state index contributed by atoms with van der Waals surface area (Å²) < 4.78 is 9.90.